The molecule has 0 saturated heterocycles. The monoisotopic (exact) mass is 511 g/mol. The van der Waals surface area contributed by atoms with Crippen LogP contribution in [0.3, 0.4) is 0 Å². The molecule has 1 aliphatic rings. The zero-order valence-electron chi connectivity index (χ0n) is 20.9. The summed E-state index contributed by atoms with van der Waals surface area (Å²) >= 11 is 0. The number of benzene rings is 3. The predicted molar refractivity (Wildman–Crippen MR) is 140 cm³/mol. The lowest BCUT2D eigenvalue weighted by Crippen LogP contribution is -2.36. The Morgan fingerprint density at radius 1 is 0.789 bits per heavy atom. The van der Waals surface area contributed by atoms with E-state index in [0.717, 1.165) is 5.56 Å². The van der Waals surface area contributed by atoms with Crippen LogP contribution in [0, 0.1) is 0 Å². The first-order valence-corrected chi connectivity index (χ1v) is 12.3. The highest BCUT2D eigenvalue weighted by atomic mass is 16.5. The van der Waals surface area contributed by atoms with Crippen molar-refractivity contribution < 1.29 is 28.7 Å². The molecule has 9 heteroatoms. The van der Waals surface area contributed by atoms with Crippen LogP contribution in [0.4, 0.5) is 5.69 Å². The summed E-state index contributed by atoms with van der Waals surface area (Å²) in [4.78, 5) is 60.1. The van der Waals surface area contributed by atoms with E-state index in [1.807, 2.05) is 0 Å². The summed E-state index contributed by atoms with van der Waals surface area (Å²) in [7, 11) is 0. The largest absolute Gasteiger partial charge is 0.465 e. The normalized spacial score (nSPS) is 12.2. The van der Waals surface area contributed by atoms with E-state index in [-0.39, 0.29) is 37.9 Å². The van der Waals surface area contributed by atoms with E-state index < -0.39 is 11.9 Å². The van der Waals surface area contributed by atoms with E-state index in [1.165, 1.54) is 0 Å². The number of aromatic amines is 1. The van der Waals surface area contributed by atoms with Crippen molar-refractivity contribution in [1.82, 2.24) is 9.97 Å². The van der Waals surface area contributed by atoms with Gasteiger partial charge in [0, 0.05) is 27.9 Å². The molecule has 0 unspecified atom stereocenters. The third kappa shape index (κ3) is 4.54. The summed E-state index contributed by atoms with van der Waals surface area (Å²) < 4.78 is 10.1. The average Bonchev–Trinajstić information content (AvgIpc) is 3.36. The highest BCUT2D eigenvalue weighted by molar-refractivity contribution is 6.31. The summed E-state index contributed by atoms with van der Waals surface area (Å²) in [5.41, 5.74) is 3.81. The number of ketones is 2. The van der Waals surface area contributed by atoms with Crippen molar-refractivity contribution in [3.63, 3.8) is 0 Å². The quantitative estimate of drug-likeness (QED) is 0.311. The minimum atomic E-state index is -0.455. The Morgan fingerprint density at radius 2 is 1.39 bits per heavy atom. The predicted octanol–water partition coefficient (Wildman–Crippen LogP) is 3.94. The van der Waals surface area contributed by atoms with E-state index in [4.69, 9.17) is 9.47 Å². The first-order valence-electron chi connectivity index (χ1n) is 12.3. The number of carbonyl (C=O) groups is 4. The first kappa shape index (κ1) is 24.9. The number of fused-ring (bicyclic) bond motifs is 4. The summed E-state index contributed by atoms with van der Waals surface area (Å²) in [6, 6.07) is 17.3. The number of nitrogens with zero attached hydrogens (tertiary/aromatic N) is 2. The molecule has 1 aliphatic carbocycles. The van der Waals surface area contributed by atoms with E-state index in [2.05, 4.69) is 9.97 Å². The number of imidazole rings is 1. The molecule has 0 spiro atoms. The molecule has 0 saturated carbocycles. The van der Waals surface area contributed by atoms with Crippen LogP contribution in [0.1, 0.15) is 45.7 Å². The van der Waals surface area contributed by atoms with Crippen LogP contribution < -0.4 is 4.90 Å². The van der Waals surface area contributed by atoms with Gasteiger partial charge in [-0.15, -0.1) is 0 Å². The zero-order valence-corrected chi connectivity index (χ0v) is 20.9. The fourth-order valence-corrected chi connectivity index (χ4v) is 4.58. The number of hydrogen-bond acceptors (Lipinski definition) is 8. The number of anilines is 1. The molecule has 1 heterocycles. The summed E-state index contributed by atoms with van der Waals surface area (Å²) in [6.07, 6.45) is 0. The minimum Gasteiger partial charge on any atom is -0.465 e. The maximum atomic E-state index is 13.3. The van der Waals surface area contributed by atoms with E-state index in [1.54, 1.807) is 79.4 Å². The summed E-state index contributed by atoms with van der Waals surface area (Å²) in [5, 5.41) is 0. The molecule has 38 heavy (non-hydrogen) atoms. The lowest BCUT2D eigenvalue weighted by molar-refractivity contribution is -0.142. The maximum absolute atomic E-state index is 13.3. The molecular formula is C29H25N3O6. The molecule has 3 aromatic carbocycles. The Kier molecular flexibility index (Phi) is 6.74. The van der Waals surface area contributed by atoms with Crippen molar-refractivity contribution in [2.24, 2.45) is 0 Å². The van der Waals surface area contributed by atoms with Crippen LogP contribution in [0.15, 0.2) is 60.7 Å². The van der Waals surface area contributed by atoms with Gasteiger partial charge in [-0.25, -0.2) is 4.98 Å². The number of esters is 2. The van der Waals surface area contributed by atoms with Crippen molar-refractivity contribution in [1.29, 1.82) is 0 Å². The minimum absolute atomic E-state index is 0.111. The van der Waals surface area contributed by atoms with Crippen LogP contribution in [-0.2, 0) is 19.1 Å². The standard InChI is InChI=1S/C29H25N3O6/c1-3-37-23(33)15-32(16-24(34)38-4-2)18-11-9-17(10-12-18)29-30-22-14-13-21-25(26(22)31-29)28(36)20-8-6-5-7-19(20)27(21)35/h5-14H,3-4,15-16H2,1-2H3,(H,30,31). The number of rotatable bonds is 8. The lowest BCUT2D eigenvalue weighted by Gasteiger charge is -2.22. The summed E-state index contributed by atoms with van der Waals surface area (Å²) in [5.74, 6) is -0.828. The SMILES string of the molecule is CCOC(=O)CN(CC(=O)OCC)c1ccc(-c2nc3c4c(ccc3[nH]2)C(=O)c2ccccc2C4=O)cc1. The van der Waals surface area contributed by atoms with Gasteiger partial charge in [-0.05, 0) is 50.2 Å². The molecule has 5 rings (SSSR count). The average molecular weight is 512 g/mol. The summed E-state index contributed by atoms with van der Waals surface area (Å²) in [6.45, 7) is 3.69. The van der Waals surface area contributed by atoms with Crippen molar-refractivity contribution in [2.45, 2.75) is 13.8 Å². The number of H-pyrrole nitrogens is 1. The molecule has 0 radical (unpaired) electrons. The molecule has 0 aliphatic heterocycles. The Bertz CT molecular complexity index is 1550. The fraction of sp³-hybridized carbons (Fsp3) is 0.207. The molecule has 0 fully saturated rings. The third-order valence-electron chi connectivity index (χ3n) is 6.30. The molecule has 9 nitrogen and oxygen atoms in total. The van der Waals surface area contributed by atoms with Gasteiger partial charge < -0.3 is 19.4 Å². The zero-order chi connectivity index (χ0) is 26.8. The van der Waals surface area contributed by atoms with Gasteiger partial charge in [-0.2, -0.15) is 0 Å². The Balaban J connectivity index is 1.47. The van der Waals surface area contributed by atoms with E-state index in [0.29, 0.717) is 44.8 Å². The van der Waals surface area contributed by atoms with Crippen molar-refractivity contribution in [3.8, 4) is 11.4 Å². The second-order valence-electron chi connectivity index (χ2n) is 8.69. The number of nitrogens with one attached hydrogen (secondary N) is 1. The molecule has 4 aromatic rings. The van der Waals surface area contributed by atoms with E-state index >= 15 is 0 Å². The van der Waals surface area contributed by atoms with Crippen LogP contribution in [0.5, 0.6) is 0 Å². The van der Waals surface area contributed by atoms with Crippen LogP contribution in [-0.4, -0.2) is 59.8 Å². The molecule has 0 atom stereocenters. The van der Waals surface area contributed by atoms with Gasteiger partial charge in [0.2, 0.25) is 0 Å². The Labute approximate surface area is 218 Å². The molecule has 1 aromatic heterocycles. The van der Waals surface area contributed by atoms with Crippen molar-refractivity contribution in [3.05, 3.63) is 82.9 Å². The first-order chi connectivity index (χ1) is 18.4. The molecule has 0 amide bonds. The van der Waals surface area contributed by atoms with Gasteiger partial charge in [0.25, 0.3) is 0 Å². The number of ether oxygens (including phenoxy) is 2. The van der Waals surface area contributed by atoms with Gasteiger partial charge in [-0.1, -0.05) is 24.3 Å². The molecule has 0 bridgehead atoms. The van der Waals surface area contributed by atoms with Gasteiger partial charge in [-0.3, -0.25) is 19.2 Å². The fourth-order valence-electron chi connectivity index (χ4n) is 4.58. The van der Waals surface area contributed by atoms with Gasteiger partial charge in [0.1, 0.15) is 24.4 Å². The van der Waals surface area contributed by atoms with Crippen LogP contribution >= 0.6 is 0 Å². The number of hydrogen-bond donors (Lipinski definition) is 1. The topological polar surface area (TPSA) is 119 Å². The van der Waals surface area contributed by atoms with Gasteiger partial charge in [0.15, 0.2) is 11.6 Å². The second-order valence-corrected chi connectivity index (χ2v) is 8.69. The Hall–Kier alpha value is -4.79. The molecular weight excluding hydrogens is 486 g/mol. The number of carbonyl (C=O) groups excluding carboxylic acids is 4. The van der Waals surface area contributed by atoms with Crippen LogP contribution in [0.25, 0.3) is 22.4 Å². The lowest BCUT2D eigenvalue weighted by atomic mass is 9.83. The Morgan fingerprint density at radius 3 is 2.00 bits per heavy atom. The van der Waals surface area contributed by atoms with Crippen molar-refractivity contribution in [2.75, 3.05) is 31.2 Å². The van der Waals surface area contributed by atoms with Gasteiger partial charge >= 0.3 is 11.9 Å². The highest BCUT2D eigenvalue weighted by Crippen LogP contribution is 2.33. The van der Waals surface area contributed by atoms with Gasteiger partial charge in [0.05, 0.1) is 24.3 Å². The van der Waals surface area contributed by atoms with E-state index in [9.17, 15) is 19.2 Å². The smallest absolute Gasteiger partial charge is 0.325 e. The molecule has 1 N–H and O–H groups in total. The second kappa shape index (κ2) is 10.3. The third-order valence-corrected chi connectivity index (χ3v) is 6.30. The maximum Gasteiger partial charge on any atom is 0.325 e. The highest BCUT2D eigenvalue weighted by Gasteiger charge is 2.32. The number of aromatic nitrogens is 2. The van der Waals surface area contributed by atoms with Crippen LogP contribution in [0.2, 0.25) is 0 Å². The van der Waals surface area contributed by atoms with Crippen molar-refractivity contribution >= 4 is 40.2 Å². The molecule has 192 valence electrons.